The minimum absolute atomic E-state index is 0.0978. The summed E-state index contributed by atoms with van der Waals surface area (Å²) in [6, 6.07) is 10.9. The number of nitrogens with zero attached hydrogens (tertiary/aromatic N) is 3. The molecule has 1 fully saturated rings. The van der Waals surface area contributed by atoms with Gasteiger partial charge in [-0.1, -0.05) is 6.07 Å². The van der Waals surface area contributed by atoms with Crippen LogP contribution in [0.2, 0.25) is 0 Å². The molecule has 0 saturated carbocycles. The molecule has 0 bridgehead atoms. The molecule has 0 spiro atoms. The number of carbonyl (C=O) groups excluding carboxylic acids is 2. The molecule has 174 valence electrons. The van der Waals surface area contributed by atoms with Gasteiger partial charge in [-0.25, -0.2) is 0 Å². The summed E-state index contributed by atoms with van der Waals surface area (Å²) < 4.78 is 10.7. The summed E-state index contributed by atoms with van der Waals surface area (Å²) >= 11 is 1.47. The number of rotatable bonds is 8. The Bertz CT molecular complexity index is 1090. The Morgan fingerprint density at radius 3 is 2.64 bits per heavy atom. The molecule has 0 unspecified atom stereocenters. The van der Waals surface area contributed by atoms with Crippen LogP contribution in [0.5, 0.6) is 11.5 Å². The third-order valence-electron chi connectivity index (χ3n) is 5.61. The average Bonchev–Trinajstić information content (AvgIpc) is 3.56. The van der Waals surface area contributed by atoms with E-state index in [-0.39, 0.29) is 11.8 Å². The van der Waals surface area contributed by atoms with Gasteiger partial charge in [-0.2, -0.15) is 5.10 Å². The van der Waals surface area contributed by atoms with E-state index < -0.39 is 0 Å². The first kappa shape index (κ1) is 22.8. The van der Waals surface area contributed by atoms with Gasteiger partial charge in [0.1, 0.15) is 17.2 Å². The zero-order valence-corrected chi connectivity index (χ0v) is 19.5. The lowest BCUT2D eigenvalue weighted by atomic mass is 10.1. The molecule has 3 heterocycles. The zero-order chi connectivity index (χ0) is 23.2. The van der Waals surface area contributed by atoms with Crippen LogP contribution in [0.3, 0.4) is 0 Å². The molecule has 10 heteroatoms. The Balaban J connectivity index is 1.26. The van der Waals surface area contributed by atoms with Crippen LogP contribution in [0.25, 0.3) is 11.3 Å². The van der Waals surface area contributed by atoms with Gasteiger partial charge < -0.3 is 19.7 Å². The topological polar surface area (TPSA) is 99.8 Å². The maximum Gasteiger partial charge on any atom is 0.269 e. The number of nitrogens with one attached hydrogen (secondary N) is 2. The predicted molar refractivity (Wildman–Crippen MR) is 126 cm³/mol. The largest absolute Gasteiger partial charge is 0.497 e. The molecule has 1 saturated heterocycles. The fourth-order valence-corrected chi connectivity index (χ4v) is 4.43. The number of amides is 2. The average molecular weight is 470 g/mol. The summed E-state index contributed by atoms with van der Waals surface area (Å²) in [4.78, 5) is 29.9. The number of carbonyl (C=O) groups is 2. The molecule has 1 aliphatic rings. The molecule has 4 rings (SSSR count). The van der Waals surface area contributed by atoms with Crippen LogP contribution in [0.4, 0.5) is 0 Å². The summed E-state index contributed by atoms with van der Waals surface area (Å²) in [6.45, 7) is 4.19. The second kappa shape index (κ2) is 10.5. The van der Waals surface area contributed by atoms with Crippen molar-refractivity contribution in [2.24, 2.45) is 0 Å². The fraction of sp³-hybridized carbons (Fsp3) is 0.348. The highest BCUT2D eigenvalue weighted by atomic mass is 32.1. The third kappa shape index (κ3) is 5.35. The minimum Gasteiger partial charge on any atom is -0.497 e. The molecular formula is C23H27N5O4S. The van der Waals surface area contributed by atoms with E-state index in [0.717, 1.165) is 30.1 Å². The van der Waals surface area contributed by atoms with Crippen molar-refractivity contribution in [1.29, 1.82) is 0 Å². The molecular weight excluding hydrogens is 442 g/mol. The molecule has 2 amide bonds. The number of aromatic amines is 1. The fourth-order valence-electron chi connectivity index (χ4n) is 3.74. The van der Waals surface area contributed by atoms with Gasteiger partial charge >= 0.3 is 0 Å². The van der Waals surface area contributed by atoms with Gasteiger partial charge in [0.15, 0.2) is 0 Å². The standard InChI is InChI=1S/C23H27N5O4S/c1-31-16-5-6-20(32-2)17(14-16)18-15-19(26-25-18)22(29)24-7-8-27-9-11-28(12-10-27)23(30)21-4-3-13-33-21/h3-6,13-15H,7-12H2,1-2H3,(H,24,29)(H,25,26). The monoisotopic (exact) mass is 469 g/mol. The third-order valence-corrected chi connectivity index (χ3v) is 6.47. The summed E-state index contributed by atoms with van der Waals surface area (Å²) in [5.74, 6) is 1.20. The minimum atomic E-state index is -0.220. The van der Waals surface area contributed by atoms with E-state index in [0.29, 0.717) is 42.5 Å². The van der Waals surface area contributed by atoms with Crippen molar-refractivity contribution in [3.63, 3.8) is 0 Å². The van der Waals surface area contributed by atoms with E-state index in [1.807, 2.05) is 28.5 Å². The number of methoxy groups -OCH3 is 2. The quantitative estimate of drug-likeness (QED) is 0.525. The summed E-state index contributed by atoms with van der Waals surface area (Å²) in [5, 5.41) is 11.9. The Hall–Kier alpha value is -3.37. The maximum absolute atomic E-state index is 12.6. The van der Waals surface area contributed by atoms with Crippen LogP contribution in [0.15, 0.2) is 41.8 Å². The highest BCUT2D eigenvalue weighted by molar-refractivity contribution is 7.12. The van der Waals surface area contributed by atoms with E-state index >= 15 is 0 Å². The highest BCUT2D eigenvalue weighted by Gasteiger charge is 2.22. The van der Waals surface area contributed by atoms with Crippen LogP contribution < -0.4 is 14.8 Å². The smallest absolute Gasteiger partial charge is 0.269 e. The number of hydrogen-bond acceptors (Lipinski definition) is 7. The van der Waals surface area contributed by atoms with E-state index in [9.17, 15) is 9.59 Å². The number of thiophene rings is 1. The van der Waals surface area contributed by atoms with Crippen LogP contribution in [0.1, 0.15) is 20.2 Å². The van der Waals surface area contributed by atoms with Gasteiger partial charge in [-0.05, 0) is 35.7 Å². The number of H-pyrrole nitrogens is 1. The number of ether oxygens (including phenoxy) is 2. The number of aromatic nitrogens is 2. The van der Waals surface area contributed by atoms with Gasteiger partial charge in [0.25, 0.3) is 11.8 Å². The SMILES string of the molecule is COc1ccc(OC)c(-c2cc(C(=O)NCCN3CCN(C(=O)c4cccs4)CC3)[nH]n2)c1. The van der Waals surface area contributed by atoms with Gasteiger partial charge in [0, 0.05) is 44.8 Å². The molecule has 9 nitrogen and oxygen atoms in total. The Labute approximate surface area is 196 Å². The van der Waals surface area contributed by atoms with Gasteiger partial charge in [-0.15, -0.1) is 11.3 Å². The van der Waals surface area contributed by atoms with Crippen molar-refractivity contribution in [3.8, 4) is 22.8 Å². The lowest BCUT2D eigenvalue weighted by molar-refractivity contribution is 0.0642. The van der Waals surface area contributed by atoms with Gasteiger partial charge in [0.2, 0.25) is 0 Å². The highest BCUT2D eigenvalue weighted by Crippen LogP contribution is 2.32. The van der Waals surface area contributed by atoms with Crippen molar-refractivity contribution in [2.75, 3.05) is 53.5 Å². The van der Waals surface area contributed by atoms with Crippen LogP contribution >= 0.6 is 11.3 Å². The van der Waals surface area contributed by atoms with Gasteiger partial charge in [-0.3, -0.25) is 19.6 Å². The molecule has 2 N–H and O–H groups in total. The molecule has 2 aromatic heterocycles. The van der Waals surface area contributed by atoms with Crippen LogP contribution in [-0.4, -0.2) is 85.3 Å². The maximum atomic E-state index is 12.6. The molecule has 1 aliphatic heterocycles. The molecule has 33 heavy (non-hydrogen) atoms. The number of hydrogen-bond donors (Lipinski definition) is 2. The van der Waals surface area contributed by atoms with Crippen molar-refractivity contribution in [3.05, 3.63) is 52.3 Å². The first-order valence-corrected chi connectivity index (χ1v) is 11.6. The second-order valence-electron chi connectivity index (χ2n) is 7.60. The van der Waals surface area contributed by atoms with Crippen molar-refractivity contribution >= 4 is 23.2 Å². The molecule has 1 aromatic carbocycles. The zero-order valence-electron chi connectivity index (χ0n) is 18.7. The van der Waals surface area contributed by atoms with Crippen molar-refractivity contribution in [1.82, 2.24) is 25.3 Å². The Morgan fingerprint density at radius 2 is 1.94 bits per heavy atom. The molecule has 3 aromatic rings. The van der Waals surface area contributed by atoms with E-state index in [2.05, 4.69) is 20.4 Å². The normalized spacial score (nSPS) is 14.2. The summed E-state index contributed by atoms with van der Waals surface area (Å²) in [5.41, 5.74) is 1.71. The van der Waals surface area contributed by atoms with E-state index in [1.165, 1.54) is 11.3 Å². The molecule has 0 atom stereocenters. The Morgan fingerprint density at radius 1 is 1.12 bits per heavy atom. The van der Waals surface area contributed by atoms with Crippen molar-refractivity contribution < 1.29 is 19.1 Å². The lowest BCUT2D eigenvalue weighted by Crippen LogP contribution is -2.50. The molecule has 0 aliphatic carbocycles. The lowest BCUT2D eigenvalue weighted by Gasteiger charge is -2.34. The first-order chi connectivity index (χ1) is 16.1. The van der Waals surface area contributed by atoms with Gasteiger partial charge in [0.05, 0.1) is 24.8 Å². The van der Waals surface area contributed by atoms with E-state index in [4.69, 9.17) is 9.47 Å². The van der Waals surface area contributed by atoms with E-state index in [1.54, 1.807) is 32.4 Å². The molecule has 0 radical (unpaired) electrons. The predicted octanol–water partition coefficient (Wildman–Crippen LogP) is 2.34. The summed E-state index contributed by atoms with van der Waals surface area (Å²) in [6.07, 6.45) is 0. The number of piperazine rings is 1. The van der Waals surface area contributed by atoms with Crippen LogP contribution in [0, 0.1) is 0 Å². The number of benzene rings is 1. The Kier molecular flexibility index (Phi) is 7.26. The van der Waals surface area contributed by atoms with Crippen LogP contribution in [-0.2, 0) is 0 Å². The first-order valence-electron chi connectivity index (χ1n) is 10.7. The second-order valence-corrected chi connectivity index (χ2v) is 8.55. The van der Waals surface area contributed by atoms with Crippen molar-refractivity contribution in [2.45, 2.75) is 0 Å². The summed E-state index contributed by atoms with van der Waals surface area (Å²) in [7, 11) is 3.18.